The molecule has 12 nitrogen and oxygen atoms in total. The van der Waals surface area contributed by atoms with Crippen LogP contribution in [0.5, 0.6) is 0 Å². The second-order valence-corrected chi connectivity index (χ2v) is 2.97. The first-order valence-corrected chi connectivity index (χ1v) is 4.74. The Labute approximate surface area is 130 Å². The monoisotopic (exact) mass is 353 g/mol. The number of rotatable bonds is 2. The molecule has 0 heterocycles. The first kappa shape index (κ1) is 27.0. The van der Waals surface area contributed by atoms with Crippen molar-refractivity contribution >= 4 is 22.8 Å². The van der Waals surface area contributed by atoms with Gasteiger partial charge in [0.2, 0.25) is 0 Å². The van der Waals surface area contributed by atoms with Crippen LogP contribution in [0, 0.1) is 15.3 Å². The molecule has 125 valence electrons. The molecule has 0 spiro atoms. The molecule has 21 heavy (non-hydrogen) atoms. The van der Waals surface area contributed by atoms with E-state index in [1.54, 1.807) is 0 Å². The molecule has 0 bridgehead atoms. The summed E-state index contributed by atoms with van der Waals surface area (Å²) >= 11 is 0. The van der Waals surface area contributed by atoms with Gasteiger partial charge in [0.1, 0.15) is 22.8 Å². The van der Waals surface area contributed by atoms with Crippen molar-refractivity contribution in [2.45, 2.75) is 27.7 Å². The zero-order valence-corrected chi connectivity index (χ0v) is 12.6. The third-order valence-corrected chi connectivity index (χ3v) is 1.65. The van der Waals surface area contributed by atoms with E-state index in [9.17, 15) is 0 Å². The van der Waals surface area contributed by atoms with E-state index >= 15 is 0 Å². The molecule has 0 saturated carbocycles. The van der Waals surface area contributed by atoms with Gasteiger partial charge in [0.25, 0.3) is 0 Å². The fourth-order valence-electron chi connectivity index (χ4n) is 0.289. The van der Waals surface area contributed by atoms with Gasteiger partial charge >= 0.3 is 0 Å². The Hall–Kier alpha value is -2.41. The van der Waals surface area contributed by atoms with Crippen molar-refractivity contribution in [2.75, 3.05) is 0 Å². The van der Waals surface area contributed by atoms with Gasteiger partial charge in [-0.05, 0) is 27.7 Å². The molecule has 0 aromatic heterocycles. The molecule has 0 aromatic carbocycles. The third kappa shape index (κ3) is 23.1. The molecular weight excluding hydrogens is 337 g/mol. The maximum absolute atomic E-state index is 8.25. The normalized spacial score (nSPS) is 12.0. The molecule has 0 rings (SSSR count). The second kappa shape index (κ2) is 17.6. The molecular formula is C8H16CoN5O7-. The summed E-state index contributed by atoms with van der Waals surface area (Å²) in [5, 5.41) is 58.0. The molecule has 0 fully saturated rings. The summed E-state index contributed by atoms with van der Waals surface area (Å²) < 4.78 is 0. The summed E-state index contributed by atoms with van der Waals surface area (Å²) in [6.45, 7) is 6.15. The van der Waals surface area contributed by atoms with Crippen molar-refractivity contribution < 1.29 is 42.7 Å². The van der Waals surface area contributed by atoms with E-state index in [2.05, 4.69) is 20.6 Å². The minimum atomic E-state index is -1.75. The van der Waals surface area contributed by atoms with Gasteiger partial charge in [-0.1, -0.05) is 20.6 Å². The van der Waals surface area contributed by atoms with Crippen molar-refractivity contribution in [3.05, 3.63) is 15.3 Å². The molecule has 0 aliphatic carbocycles. The van der Waals surface area contributed by atoms with E-state index in [1.165, 1.54) is 27.7 Å². The zero-order valence-electron chi connectivity index (χ0n) is 11.6. The molecule has 0 aliphatic heterocycles. The standard InChI is InChI=1S/2C4H8N2O2.Co.NO3/c2*1-3(5-7)4(2)6-8;;2-1(3)4/h2*7-8H,1-2H3;;/q;;;-1/b2*5-3-,6-4-;;. The van der Waals surface area contributed by atoms with Crippen molar-refractivity contribution in [3.63, 3.8) is 0 Å². The Morgan fingerprint density at radius 3 is 0.857 bits per heavy atom. The smallest absolute Gasteiger partial charge is 0.101 e. The number of oxime groups is 4. The Morgan fingerprint density at radius 2 is 0.810 bits per heavy atom. The summed E-state index contributed by atoms with van der Waals surface area (Å²) in [5.41, 5.74) is 1.25. The largest absolute Gasteiger partial charge is 0.411 e. The fourth-order valence-corrected chi connectivity index (χ4v) is 0.289. The summed E-state index contributed by atoms with van der Waals surface area (Å²) in [6, 6.07) is 0. The zero-order chi connectivity index (χ0) is 16.7. The predicted octanol–water partition coefficient (Wildman–Crippen LogP) is 1.13. The van der Waals surface area contributed by atoms with E-state index in [-0.39, 0.29) is 16.8 Å². The van der Waals surface area contributed by atoms with E-state index < -0.39 is 5.09 Å². The van der Waals surface area contributed by atoms with Crippen LogP contribution in [0.25, 0.3) is 0 Å². The maximum Gasteiger partial charge on any atom is 0.101 e. The van der Waals surface area contributed by atoms with Crippen LogP contribution in [-0.4, -0.2) is 48.8 Å². The van der Waals surface area contributed by atoms with E-state index in [0.717, 1.165) is 0 Å². The van der Waals surface area contributed by atoms with Crippen LogP contribution >= 0.6 is 0 Å². The van der Waals surface area contributed by atoms with Gasteiger partial charge in [0.15, 0.2) is 0 Å². The van der Waals surface area contributed by atoms with Crippen LogP contribution in [0.3, 0.4) is 0 Å². The molecule has 0 saturated heterocycles. The van der Waals surface area contributed by atoms with Gasteiger partial charge in [-0.2, -0.15) is 0 Å². The topological polar surface area (TPSA) is 197 Å². The second-order valence-electron chi connectivity index (χ2n) is 2.97. The Bertz CT molecular complexity index is 340. The maximum atomic E-state index is 8.25. The molecule has 4 N–H and O–H groups in total. The van der Waals surface area contributed by atoms with Gasteiger partial charge in [-0.25, -0.2) is 0 Å². The van der Waals surface area contributed by atoms with Crippen LogP contribution in [0.1, 0.15) is 27.7 Å². The van der Waals surface area contributed by atoms with Crippen molar-refractivity contribution in [3.8, 4) is 0 Å². The number of nitrogens with zero attached hydrogens (tertiary/aromatic N) is 5. The van der Waals surface area contributed by atoms with Crippen LogP contribution in [0.4, 0.5) is 0 Å². The van der Waals surface area contributed by atoms with E-state index in [1.807, 2.05) is 0 Å². The van der Waals surface area contributed by atoms with Gasteiger partial charge in [0.05, 0.1) is 5.09 Å². The minimum Gasteiger partial charge on any atom is -0.411 e. The van der Waals surface area contributed by atoms with Gasteiger partial charge in [-0.3, -0.25) is 0 Å². The fraction of sp³-hybridized carbons (Fsp3) is 0.500. The first-order valence-electron chi connectivity index (χ1n) is 4.74. The van der Waals surface area contributed by atoms with Crippen LogP contribution < -0.4 is 0 Å². The average Bonchev–Trinajstić information content (AvgIpc) is 2.43. The molecule has 0 amide bonds. The van der Waals surface area contributed by atoms with Gasteiger partial charge in [0, 0.05) is 16.8 Å². The summed E-state index contributed by atoms with van der Waals surface area (Å²) in [7, 11) is 0. The molecule has 0 aliphatic rings. The van der Waals surface area contributed by atoms with Crippen LogP contribution in [0.2, 0.25) is 0 Å². The predicted molar refractivity (Wildman–Crippen MR) is 69.9 cm³/mol. The SMILES string of the molecule is CC(=N/O)/C(C)=N\O.CC(=N/O)/C(C)=N\O.O=[N+]([O-])[O-].[Co]. The number of hydrogen-bond acceptors (Lipinski definition) is 11. The first-order chi connectivity index (χ1) is 9.17. The van der Waals surface area contributed by atoms with Crippen LogP contribution in [0.15, 0.2) is 20.6 Å². The average molecular weight is 353 g/mol. The third-order valence-electron chi connectivity index (χ3n) is 1.65. The molecule has 1 radical (unpaired) electrons. The van der Waals surface area contributed by atoms with Crippen LogP contribution in [-0.2, 0) is 16.8 Å². The Morgan fingerprint density at radius 1 is 0.714 bits per heavy atom. The Balaban J connectivity index is -0.000000107. The summed E-state index contributed by atoms with van der Waals surface area (Å²) in [6.07, 6.45) is 0. The Kier molecular flexibility index (Phi) is 22.6. The number of hydrogen-bond donors (Lipinski definition) is 4. The summed E-state index contributed by atoms with van der Waals surface area (Å²) in [4.78, 5) is 8.25. The molecule has 0 unspecified atom stereocenters. The van der Waals surface area contributed by atoms with Gasteiger partial charge in [-0.15, -0.1) is 0 Å². The summed E-state index contributed by atoms with van der Waals surface area (Å²) in [5.74, 6) is 0. The van der Waals surface area contributed by atoms with Gasteiger partial charge < -0.3 is 36.2 Å². The van der Waals surface area contributed by atoms with Crippen molar-refractivity contribution in [2.24, 2.45) is 20.6 Å². The minimum absolute atomic E-state index is 0. The van der Waals surface area contributed by atoms with E-state index in [4.69, 9.17) is 36.2 Å². The van der Waals surface area contributed by atoms with E-state index in [0.29, 0.717) is 22.8 Å². The quantitative estimate of drug-likeness (QED) is 0.247. The molecule has 0 atom stereocenters. The van der Waals surface area contributed by atoms with Crippen molar-refractivity contribution in [1.29, 1.82) is 0 Å². The van der Waals surface area contributed by atoms with Crippen molar-refractivity contribution in [1.82, 2.24) is 0 Å². The molecule has 0 aromatic rings. The molecule has 13 heteroatoms.